The Bertz CT molecular complexity index is 982. The molecule has 28 heavy (non-hydrogen) atoms. The van der Waals surface area contributed by atoms with Crippen LogP contribution in [0.25, 0.3) is 0 Å². The van der Waals surface area contributed by atoms with Gasteiger partial charge in [0.25, 0.3) is 0 Å². The summed E-state index contributed by atoms with van der Waals surface area (Å²) in [5, 5.41) is 0. The maximum atomic E-state index is 13.0. The molecule has 2 aromatic rings. The van der Waals surface area contributed by atoms with Gasteiger partial charge in [-0.3, -0.25) is 4.79 Å². The van der Waals surface area contributed by atoms with Crippen LogP contribution in [0.15, 0.2) is 53.4 Å². The topological polar surface area (TPSA) is 66.5 Å². The van der Waals surface area contributed by atoms with Gasteiger partial charge in [-0.25, -0.2) is 13.1 Å². The Kier molecular flexibility index (Phi) is 5.02. The molecule has 5 nitrogen and oxygen atoms in total. The molecule has 2 aliphatic rings. The minimum Gasteiger partial charge on any atom is -0.312 e. The first-order chi connectivity index (χ1) is 13.4. The van der Waals surface area contributed by atoms with E-state index in [1.807, 2.05) is 18.2 Å². The molecule has 148 valence electrons. The Morgan fingerprint density at radius 3 is 2.50 bits per heavy atom. The smallest absolute Gasteiger partial charge is 0.240 e. The van der Waals surface area contributed by atoms with Gasteiger partial charge in [-0.1, -0.05) is 36.8 Å². The molecule has 4 rings (SSSR count). The van der Waals surface area contributed by atoms with E-state index < -0.39 is 10.0 Å². The van der Waals surface area contributed by atoms with Crippen LogP contribution in [0.3, 0.4) is 0 Å². The van der Waals surface area contributed by atoms with Crippen molar-refractivity contribution in [3.8, 4) is 0 Å². The molecule has 0 saturated heterocycles. The minimum atomic E-state index is -3.60. The highest BCUT2D eigenvalue weighted by atomic mass is 32.2. The van der Waals surface area contributed by atoms with Crippen LogP contribution in [0.1, 0.15) is 43.7 Å². The number of nitrogens with one attached hydrogen (secondary N) is 1. The van der Waals surface area contributed by atoms with E-state index in [2.05, 4.69) is 16.9 Å². The van der Waals surface area contributed by atoms with E-state index in [4.69, 9.17) is 0 Å². The van der Waals surface area contributed by atoms with Crippen LogP contribution >= 0.6 is 0 Å². The summed E-state index contributed by atoms with van der Waals surface area (Å²) in [7, 11) is -3.60. The van der Waals surface area contributed by atoms with Crippen LogP contribution in [0.4, 0.5) is 5.69 Å². The van der Waals surface area contributed by atoms with Gasteiger partial charge >= 0.3 is 0 Å². The van der Waals surface area contributed by atoms with Gasteiger partial charge in [-0.15, -0.1) is 0 Å². The Hall–Kier alpha value is -2.18. The molecule has 6 heteroatoms. The normalized spacial score (nSPS) is 18.2. The first kappa shape index (κ1) is 19.2. The molecule has 1 amide bonds. The van der Waals surface area contributed by atoms with Crippen molar-refractivity contribution in [3.05, 3.63) is 59.7 Å². The third-order valence-electron chi connectivity index (χ3n) is 6.16. The number of rotatable bonds is 5. The second-order valence-electron chi connectivity index (χ2n) is 7.89. The van der Waals surface area contributed by atoms with E-state index in [1.165, 1.54) is 5.56 Å². The highest BCUT2D eigenvalue weighted by molar-refractivity contribution is 7.89. The SMILES string of the molecule is CC(=O)N1CCCc2cc(S(=O)(=O)NCC3(c4ccccc4)CCC3)ccc21. The highest BCUT2D eigenvalue weighted by Crippen LogP contribution is 2.43. The molecule has 1 saturated carbocycles. The minimum absolute atomic E-state index is 0.00975. The van der Waals surface area contributed by atoms with Gasteiger partial charge in [0.1, 0.15) is 0 Å². The number of fused-ring (bicyclic) bond motifs is 1. The molecule has 0 unspecified atom stereocenters. The lowest BCUT2D eigenvalue weighted by atomic mass is 9.64. The molecular weight excluding hydrogens is 372 g/mol. The number of carbonyl (C=O) groups excluding carboxylic acids is 1. The summed E-state index contributed by atoms with van der Waals surface area (Å²) in [6.07, 6.45) is 4.75. The van der Waals surface area contributed by atoms with Crippen molar-refractivity contribution in [2.24, 2.45) is 0 Å². The lowest BCUT2D eigenvalue weighted by Crippen LogP contribution is -2.45. The molecule has 0 radical (unpaired) electrons. The lowest BCUT2D eigenvalue weighted by molar-refractivity contribution is -0.116. The Labute approximate surface area is 166 Å². The fourth-order valence-corrected chi connectivity index (χ4v) is 5.52. The van der Waals surface area contributed by atoms with Crippen LogP contribution in [0.2, 0.25) is 0 Å². The maximum absolute atomic E-state index is 13.0. The molecule has 0 spiro atoms. The summed E-state index contributed by atoms with van der Waals surface area (Å²) >= 11 is 0. The van der Waals surface area contributed by atoms with Crippen molar-refractivity contribution in [3.63, 3.8) is 0 Å². The summed E-state index contributed by atoms with van der Waals surface area (Å²) in [5.74, 6) is -0.00975. The van der Waals surface area contributed by atoms with Crippen molar-refractivity contribution in [1.82, 2.24) is 4.72 Å². The van der Waals surface area contributed by atoms with Crippen molar-refractivity contribution in [1.29, 1.82) is 0 Å². The molecule has 0 aromatic heterocycles. The average Bonchev–Trinajstić information content (AvgIpc) is 2.67. The van der Waals surface area contributed by atoms with Crippen LogP contribution in [-0.4, -0.2) is 27.4 Å². The zero-order valence-electron chi connectivity index (χ0n) is 16.1. The van der Waals surface area contributed by atoms with Crippen LogP contribution < -0.4 is 9.62 Å². The summed E-state index contributed by atoms with van der Waals surface area (Å²) in [6.45, 7) is 2.64. The number of sulfonamides is 1. The number of anilines is 1. The third kappa shape index (κ3) is 3.47. The van der Waals surface area contributed by atoms with Crippen LogP contribution in [0.5, 0.6) is 0 Å². The number of benzene rings is 2. The number of amides is 1. The first-order valence-corrected chi connectivity index (χ1v) is 11.4. The molecule has 0 bridgehead atoms. The van der Waals surface area contributed by atoms with E-state index >= 15 is 0 Å². The molecule has 0 atom stereocenters. The first-order valence-electron chi connectivity index (χ1n) is 9.88. The zero-order valence-corrected chi connectivity index (χ0v) is 17.0. The van der Waals surface area contributed by atoms with E-state index in [0.29, 0.717) is 13.1 Å². The monoisotopic (exact) mass is 398 g/mol. The Balaban J connectivity index is 1.55. The lowest BCUT2D eigenvalue weighted by Gasteiger charge is -2.42. The third-order valence-corrected chi connectivity index (χ3v) is 7.56. The van der Waals surface area contributed by atoms with E-state index in [9.17, 15) is 13.2 Å². The quantitative estimate of drug-likeness (QED) is 0.840. The number of aryl methyl sites for hydroxylation is 1. The second-order valence-corrected chi connectivity index (χ2v) is 9.66. The number of hydrogen-bond acceptors (Lipinski definition) is 3. The van der Waals surface area contributed by atoms with Gasteiger partial charge in [0.05, 0.1) is 4.90 Å². The summed E-state index contributed by atoms with van der Waals surface area (Å²) in [4.78, 5) is 13.8. The van der Waals surface area contributed by atoms with E-state index in [1.54, 1.807) is 30.0 Å². The highest BCUT2D eigenvalue weighted by Gasteiger charge is 2.39. The van der Waals surface area contributed by atoms with Gasteiger partial charge in [-0.05, 0) is 55.0 Å². The van der Waals surface area contributed by atoms with Crippen molar-refractivity contribution in [2.75, 3.05) is 18.0 Å². The van der Waals surface area contributed by atoms with Crippen molar-refractivity contribution in [2.45, 2.75) is 49.3 Å². The molecule has 1 fully saturated rings. The fourth-order valence-electron chi connectivity index (χ4n) is 4.35. The summed E-state index contributed by atoms with van der Waals surface area (Å²) in [5.41, 5.74) is 2.85. The average molecular weight is 399 g/mol. The molecule has 1 aliphatic heterocycles. The second kappa shape index (κ2) is 7.33. The van der Waals surface area contributed by atoms with Gasteiger partial charge in [0.2, 0.25) is 15.9 Å². The van der Waals surface area contributed by atoms with Crippen molar-refractivity contribution < 1.29 is 13.2 Å². The number of hydrogen-bond donors (Lipinski definition) is 1. The Morgan fingerprint density at radius 1 is 1.11 bits per heavy atom. The number of carbonyl (C=O) groups is 1. The fraction of sp³-hybridized carbons (Fsp3) is 0.409. The molecule has 2 aromatic carbocycles. The molecule has 1 heterocycles. The molecule has 1 N–H and O–H groups in total. The zero-order chi connectivity index (χ0) is 19.8. The van der Waals surface area contributed by atoms with Crippen molar-refractivity contribution >= 4 is 21.6 Å². The largest absolute Gasteiger partial charge is 0.312 e. The summed E-state index contributed by atoms with van der Waals surface area (Å²) < 4.78 is 28.8. The predicted molar refractivity (Wildman–Crippen MR) is 110 cm³/mol. The Morgan fingerprint density at radius 2 is 1.86 bits per heavy atom. The van der Waals surface area contributed by atoms with Gasteiger partial charge in [0.15, 0.2) is 0 Å². The van der Waals surface area contributed by atoms with Gasteiger partial charge in [0, 0.05) is 31.1 Å². The van der Waals surface area contributed by atoms with E-state index in [0.717, 1.165) is 43.4 Å². The van der Waals surface area contributed by atoms with Crippen LogP contribution in [-0.2, 0) is 26.7 Å². The standard InChI is InChI=1S/C22H26N2O3S/c1-17(25)24-14-5-7-18-15-20(10-11-21(18)24)28(26,27)23-16-22(12-6-13-22)19-8-3-2-4-9-19/h2-4,8-11,15,23H,5-7,12-14,16H2,1H3. The predicted octanol–water partition coefficient (Wildman–Crippen LogP) is 3.39. The van der Waals surface area contributed by atoms with Crippen LogP contribution in [0, 0.1) is 0 Å². The molecular formula is C22H26N2O3S. The van der Waals surface area contributed by atoms with Gasteiger partial charge < -0.3 is 4.90 Å². The maximum Gasteiger partial charge on any atom is 0.240 e. The van der Waals surface area contributed by atoms with E-state index in [-0.39, 0.29) is 16.2 Å². The number of nitrogens with zero attached hydrogens (tertiary/aromatic N) is 1. The molecule has 1 aliphatic carbocycles. The summed E-state index contributed by atoms with van der Waals surface area (Å²) in [6, 6.07) is 15.3. The van der Waals surface area contributed by atoms with Gasteiger partial charge in [-0.2, -0.15) is 0 Å².